The molecule has 0 bridgehead atoms. The number of allylic oxidation sites excluding steroid dienone is 2. The molecule has 0 N–H and O–H groups in total. The van der Waals surface area contributed by atoms with Crippen LogP contribution in [-0.4, -0.2) is 35.2 Å². The Morgan fingerprint density at radius 3 is 2.60 bits per heavy atom. The second-order valence-electron chi connectivity index (χ2n) is 11.0. The number of methoxy groups -OCH3 is 1. The molecular weight excluding hydrogens is 539 g/mol. The highest BCUT2D eigenvalue weighted by molar-refractivity contribution is 7.99. The molecule has 1 aliphatic heterocycles. The first-order valence-corrected chi connectivity index (χ1v) is 15.5. The number of fused-ring (bicyclic) bond motifs is 4. The topological polar surface area (TPSA) is 64.4 Å². The normalized spacial score (nSPS) is 17.1. The van der Waals surface area contributed by atoms with Crippen LogP contribution in [0.25, 0.3) is 15.9 Å². The Kier molecular flexibility index (Phi) is 7.09. The molecule has 0 amide bonds. The number of anilines is 1. The first-order valence-electron chi connectivity index (χ1n) is 13.7. The highest BCUT2D eigenvalue weighted by atomic mass is 32.2. The van der Waals surface area contributed by atoms with Crippen LogP contribution in [0.5, 0.6) is 5.75 Å². The number of ether oxygens (including phenoxy) is 1. The van der Waals surface area contributed by atoms with Crippen LogP contribution in [-0.2, 0) is 23.1 Å². The van der Waals surface area contributed by atoms with E-state index in [1.54, 1.807) is 29.1 Å². The third-order valence-corrected chi connectivity index (χ3v) is 10.3. The van der Waals surface area contributed by atoms with Gasteiger partial charge in [0.25, 0.3) is 5.56 Å². The fraction of sp³-hybridized carbons (Fsp3) is 0.344. The van der Waals surface area contributed by atoms with Gasteiger partial charge in [-0.25, -0.2) is 4.98 Å². The Balaban J connectivity index is 1.37. The first kappa shape index (κ1) is 26.8. The minimum absolute atomic E-state index is 0.00896. The number of carbonyl (C=O) groups is 1. The molecule has 0 unspecified atom stereocenters. The van der Waals surface area contributed by atoms with Crippen LogP contribution in [0.4, 0.5) is 5.69 Å². The fourth-order valence-electron chi connectivity index (χ4n) is 6.01. The van der Waals surface area contributed by atoms with Gasteiger partial charge in [-0.15, -0.1) is 11.3 Å². The molecule has 2 aromatic carbocycles. The van der Waals surface area contributed by atoms with Gasteiger partial charge in [0.2, 0.25) is 0 Å². The molecule has 6 nitrogen and oxygen atoms in total. The van der Waals surface area contributed by atoms with Gasteiger partial charge in [-0.2, -0.15) is 0 Å². The lowest BCUT2D eigenvalue weighted by Gasteiger charge is -2.24. The van der Waals surface area contributed by atoms with E-state index in [-0.39, 0.29) is 22.5 Å². The Labute approximate surface area is 242 Å². The summed E-state index contributed by atoms with van der Waals surface area (Å²) in [7, 11) is 3.63. The van der Waals surface area contributed by atoms with Crippen LogP contribution in [0.2, 0.25) is 0 Å². The number of para-hydroxylation sites is 1. The molecule has 2 aliphatic rings. The zero-order chi connectivity index (χ0) is 28.0. The highest BCUT2D eigenvalue weighted by Crippen LogP contribution is 2.46. The van der Waals surface area contributed by atoms with Crippen molar-refractivity contribution in [2.45, 2.75) is 56.5 Å². The van der Waals surface area contributed by atoms with Crippen molar-refractivity contribution in [2.75, 3.05) is 24.8 Å². The summed E-state index contributed by atoms with van der Waals surface area (Å²) >= 11 is 2.97. The number of carbonyl (C=O) groups excluding carboxylic acids is 1. The highest BCUT2D eigenvalue weighted by Gasteiger charge is 2.38. The molecule has 206 valence electrons. The summed E-state index contributed by atoms with van der Waals surface area (Å²) in [4.78, 5) is 36.7. The smallest absolute Gasteiger partial charge is 0.267 e. The van der Waals surface area contributed by atoms with Gasteiger partial charge in [-0.1, -0.05) is 50.2 Å². The molecule has 0 fully saturated rings. The van der Waals surface area contributed by atoms with Crippen molar-refractivity contribution in [1.29, 1.82) is 0 Å². The predicted molar refractivity (Wildman–Crippen MR) is 165 cm³/mol. The van der Waals surface area contributed by atoms with Crippen molar-refractivity contribution in [3.05, 3.63) is 86.7 Å². The zero-order valence-electron chi connectivity index (χ0n) is 23.3. The number of thiophene rings is 1. The molecule has 0 atom stereocenters. The molecule has 0 radical (unpaired) electrons. The van der Waals surface area contributed by atoms with Crippen LogP contribution in [0.15, 0.2) is 70.3 Å². The minimum Gasteiger partial charge on any atom is -0.497 e. The number of nitrogens with zero attached hydrogens (tertiary/aromatic N) is 3. The van der Waals surface area contributed by atoms with Gasteiger partial charge < -0.3 is 9.64 Å². The van der Waals surface area contributed by atoms with E-state index in [0.29, 0.717) is 10.8 Å². The van der Waals surface area contributed by atoms with E-state index in [2.05, 4.69) is 30.9 Å². The zero-order valence-corrected chi connectivity index (χ0v) is 25.0. The summed E-state index contributed by atoms with van der Waals surface area (Å²) in [5, 5.41) is 1.27. The summed E-state index contributed by atoms with van der Waals surface area (Å²) in [6, 6.07) is 15.7. The Bertz CT molecular complexity index is 1700. The van der Waals surface area contributed by atoms with Crippen molar-refractivity contribution < 1.29 is 9.53 Å². The largest absolute Gasteiger partial charge is 0.497 e. The van der Waals surface area contributed by atoms with Crippen molar-refractivity contribution in [1.82, 2.24) is 9.55 Å². The fourth-order valence-corrected chi connectivity index (χ4v) is 8.15. The number of aromatic nitrogens is 2. The standard InChI is InChI=1S/C32H33N3O3S2/c1-32(2)24-11-8-9-12-25(24)34(3)27(32)18-21(36)19-39-31-33-29-28(23-10-6-5-7-13-26(23)40-29)30(37)35(31)20-14-16-22(38-4)17-15-20/h8-9,11-12,14-18H,5-7,10,13,19H2,1-4H3/b27-18+. The van der Waals surface area contributed by atoms with Crippen LogP contribution in [0.1, 0.15) is 49.1 Å². The maximum atomic E-state index is 14.1. The van der Waals surface area contributed by atoms with Gasteiger partial charge in [0.1, 0.15) is 10.6 Å². The van der Waals surface area contributed by atoms with E-state index in [4.69, 9.17) is 9.72 Å². The molecule has 40 heavy (non-hydrogen) atoms. The summed E-state index contributed by atoms with van der Waals surface area (Å²) in [6.45, 7) is 4.30. The van der Waals surface area contributed by atoms with E-state index >= 15 is 0 Å². The Hall–Kier alpha value is -3.36. The third-order valence-electron chi connectivity index (χ3n) is 8.12. The van der Waals surface area contributed by atoms with Crippen LogP contribution in [0, 0.1) is 0 Å². The maximum absolute atomic E-state index is 14.1. The van der Waals surface area contributed by atoms with Gasteiger partial charge in [0.15, 0.2) is 10.9 Å². The van der Waals surface area contributed by atoms with Gasteiger partial charge in [0.05, 0.1) is 23.9 Å². The molecule has 8 heteroatoms. The average molecular weight is 572 g/mol. The molecule has 1 aliphatic carbocycles. The van der Waals surface area contributed by atoms with E-state index in [1.165, 1.54) is 34.2 Å². The molecule has 0 spiro atoms. The van der Waals surface area contributed by atoms with Gasteiger partial charge in [-0.3, -0.25) is 14.2 Å². The van der Waals surface area contributed by atoms with Crippen LogP contribution < -0.4 is 15.2 Å². The Morgan fingerprint density at radius 1 is 1.10 bits per heavy atom. The number of hydrogen-bond donors (Lipinski definition) is 0. The lowest BCUT2D eigenvalue weighted by Crippen LogP contribution is -2.24. The lowest BCUT2D eigenvalue weighted by molar-refractivity contribution is -0.112. The maximum Gasteiger partial charge on any atom is 0.267 e. The molecule has 3 heterocycles. The summed E-state index contributed by atoms with van der Waals surface area (Å²) in [6.07, 6.45) is 7.10. The number of aryl methyl sites for hydroxylation is 2. The summed E-state index contributed by atoms with van der Waals surface area (Å²) in [5.74, 6) is 0.893. The van der Waals surface area contributed by atoms with Crippen molar-refractivity contribution in [3.8, 4) is 11.4 Å². The van der Waals surface area contributed by atoms with E-state index < -0.39 is 0 Å². The number of ketones is 1. The second kappa shape index (κ2) is 10.6. The van der Waals surface area contributed by atoms with E-state index in [9.17, 15) is 9.59 Å². The number of rotatable bonds is 6. The second-order valence-corrected chi connectivity index (χ2v) is 13.0. The molecular formula is C32H33N3O3S2. The van der Waals surface area contributed by atoms with Crippen molar-refractivity contribution in [3.63, 3.8) is 0 Å². The monoisotopic (exact) mass is 571 g/mol. The van der Waals surface area contributed by atoms with E-state index in [1.807, 2.05) is 43.4 Å². The minimum atomic E-state index is -0.275. The van der Waals surface area contributed by atoms with Crippen molar-refractivity contribution in [2.24, 2.45) is 0 Å². The number of hydrogen-bond acceptors (Lipinski definition) is 7. The van der Waals surface area contributed by atoms with Crippen molar-refractivity contribution >= 4 is 44.8 Å². The molecule has 0 saturated heterocycles. The molecule has 6 rings (SSSR count). The van der Waals surface area contributed by atoms with Gasteiger partial charge in [0, 0.05) is 34.8 Å². The van der Waals surface area contributed by atoms with Gasteiger partial charge in [-0.05, 0) is 67.1 Å². The number of likely N-dealkylation sites (N-methyl/N-ethyl adjacent to an activating group) is 1. The van der Waals surface area contributed by atoms with Crippen LogP contribution in [0.3, 0.4) is 0 Å². The van der Waals surface area contributed by atoms with E-state index in [0.717, 1.165) is 53.0 Å². The number of benzene rings is 2. The SMILES string of the molecule is COc1ccc(-n2c(SCC(=O)/C=C3/N(C)c4ccccc4C3(C)C)nc3sc4c(c3c2=O)CCCCC4)cc1. The summed E-state index contributed by atoms with van der Waals surface area (Å²) < 4.78 is 7.01. The summed E-state index contributed by atoms with van der Waals surface area (Å²) in [5.41, 5.74) is 4.85. The number of thioether (sulfide) groups is 1. The molecule has 2 aromatic heterocycles. The van der Waals surface area contributed by atoms with Crippen LogP contribution >= 0.6 is 23.1 Å². The average Bonchev–Trinajstić information content (AvgIpc) is 3.27. The quantitative estimate of drug-likeness (QED) is 0.111. The predicted octanol–water partition coefficient (Wildman–Crippen LogP) is 6.70. The first-order chi connectivity index (χ1) is 19.3. The van der Waals surface area contributed by atoms with Gasteiger partial charge >= 0.3 is 0 Å². The third kappa shape index (κ3) is 4.57. The molecule has 4 aromatic rings. The lowest BCUT2D eigenvalue weighted by atomic mass is 9.83. The molecule has 0 saturated carbocycles. The Morgan fingerprint density at radius 2 is 1.85 bits per heavy atom.